The number of unbranched alkanes of at least 4 members (excludes halogenated alkanes) is 12. The Morgan fingerprint density at radius 1 is 0.921 bits per heavy atom. The van der Waals surface area contributed by atoms with Crippen LogP contribution in [0.15, 0.2) is 24.3 Å². The van der Waals surface area contributed by atoms with Crippen LogP contribution in [0.2, 0.25) is 0 Å². The summed E-state index contributed by atoms with van der Waals surface area (Å²) in [5, 5.41) is 42.0. The van der Waals surface area contributed by atoms with E-state index in [2.05, 4.69) is 6.92 Å². The summed E-state index contributed by atoms with van der Waals surface area (Å²) in [7, 11) is 0. The van der Waals surface area contributed by atoms with Crippen molar-refractivity contribution >= 4 is 11.7 Å². The van der Waals surface area contributed by atoms with Crippen LogP contribution >= 0.6 is 0 Å². The molecule has 0 saturated carbocycles. The number of carbonyl (C=O) groups excluding carboxylic acids is 1. The summed E-state index contributed by atoms with van der Waals surface area (Å²) in [6.45, 7) is 1.61. The number of nitro benzene ring substituents is 1. The SMILES string of the molecule is CCCCCCCCCCCCCCCC(=O)O[C@H]1O[C@H](CO)[C@@H](Oc2ccccc2[N+](=O)[O-])[C@H](O)[C@H]1O. The first-order valence-electron chi connectivity index (χ1n) is 14.1. The second-order valence-electron chi connectivity index (χ2n) is 10.00. The van der Waals surface area contributed by atoms with Gasteiger partial charge in [-0.1, -0.05) is 96.1 Å². The van der Waals surface area contributed by atoms with E-state index in [9.17, 15) is 30.2 Å². The minimum absolute atomic E-state index is 0.145. The predicted molar refractivity (Wildman–Crippen MR) is 142 cm³/mol. The molecule has 0 unspecified atom stereocenters. The number of esters is 1. The molecule has 3 N–H and O–H groups in total. The highest BCUT2D eigenvalue weighted by atomic mass is 16.7. The van der Waals surface area contributed by atoms with Gasteiger partial charge in [0.15, 0.2) is 11.9 Å². The maximum atomic E-state index is 12.3. The van der Waals surface area contributed by atoms with Gasteiger partial charge in [-0.25, -0.2) is 0 Å². The molecule has 0 amide bonds. The van der Waals surface area contributed by atoms with Gasteiger partial charge in [0.25, 0.3) is 0 Å². The highest BCUT2D eigenvalue weighted by Gasteiger charge is 2.48. The van der Waals surface area contributed by atoms with Gasteiger partial charge in [0.2, 0.25) is 6.29 Å². The maximum absolute atomic E-state index is 12.3. The van der Waals surface area contributed by atoms with Crippen molar-refractivity contribution in [2.75, 3.05) is 6.61 Å². The lowest BCUT2D eigenvalue weighted by Gasteiger charge is -2.41. The first-order valence-corrected chi connectivity index (χ1v) is 14.1. The molecule has 10 nitrogen and oxygen atoms in total. The molecular formula is C28H45NO9. The van der Waals surface area contributed by atoms with E-state index in [0.29, 0.717) is 6.42 Å². The largest absolute Gasteiger partial charge is 0.478 e. The van der Waals surface area contributed by atoms with E-state index >= 15 is 0 Å². The summed E-state index contributed by atoms with van der Waals surface area (Å²) in [5.74, 6) is -0.715. The normalized spacial score (nSPS) is 23.2. The van der Waals surface area contributed by atoms with E-state index in [0.717, 1.165) is 19.3 Å². The summed E-state index contributed by atoms with van der Waals surface area (Å²) >= 11 is 0. The van der Waals surface area contributed by atoms with Crippen LogP contribution in [-0.2, 0) is 14.3 Å². The average Bonchev–Trinajstić information content (AvgIpc) is 2.91. The van der Waals surface area contributed by atoms with Gasteiger partial charge >= 0.3 is 11.7 Å². The minimum atomic E-state index is -1.65. The third kappa shape index (κ3) is 10.8. The first kappa shape index (κ1) is 31.9. The van der Waals surface area contributed by atoms with Crippen LogP contribution in [-0.4, -0.2) is 63.5 Å². The zero-order valence-corrected chi connectivity index (χ0v) is 22.5. The molecule has 0 spiro atoms. The molecule has 1 aromatic rings. The Morgan fingerprint density at radius 3 is 2.03 bits per heavy atom. The molecule has 1 aliphatic heterocycles. The van der Waals surface area contributed by atoms with Gasteiger partial charge in [-0.3, -0.25) is 14.9 Å². The maximum Gasteiger partial charge on any atom is 0.310 e. The molecule has 1 fully saturated rings. The lowest BCUT2D eigenvalue weighted by Crippen LogP contribution is -2.61. The number of hydrogen-bond acceptors (Lipinski definition) is 9. The second kappa shape index (κ2) is 18.1. The van der Waals surface area contributed by atoms with E-state index in [1.807, 2.05) is 0 Å². The second-order valence-corrected chi connectivity index (χ2v) is 10.00. The Labute approximate surface area is 225 Å². The molecule has 5 atom stereocenters. The van der Waals surface area contributed by atoms with E-state index in [4.69, 9.17) is 14.2 Å². The van der Waals surface area contributed by atoms with Gasteiger partial charge in [-0.15, -0.1) is 0 Å². The van der Waals surface area contributed by atoms with Gasteiger partial charge in [-0.05, 0) is 12.5 Å². The molecule has 216 valence electrons. The fourth-order valence-electron chi connectivity index (χ4n) is 4.63. The highest BCUT2D eigenvalue weighted by molar-refractivity contribution is 5.69. The first-order chi connectivity index (χ1) is 18.4. The van der Waals surface area contributed by atoms with Gasteiger partial charge in [0.1, 0.15) is 18.3 Å². The van der Waals surface area contributed by atoms with Gasteiger partial charge in [0, 0.05) is 12.5 Å². The molecule has 2 rings (SSSR count). The number of hydrogen-bond donors (Lipinski definition) is 3. The van der Waals surface area contributed by atoms with Gasteiger partial charge in [0.05, 0.1) is 11.5 Å². The molecule has 1 saturated heterocycles. The summed E-state index contributed by atoms with van der Waals surface area (Å²) in [6.07, 6.45) is 8.35. The number of para-hydroxylation sites is 2. The Hall–Kier alpha value is -2.27. The van der Waals surface area contributed by atoms with E-state index < -0.39 is 48.2 Å². The van der Waals surface area contributed by atoms with Crippen LogP contribution in [0.3, 0.4) is 0 Å². The van der Waals surface area contributed by atoms with Crippen molar-refractivity contribution in [2.24, 2.45) is 0 Å². The molecule has 0 aromatic heterocycles. The van der Waals surface area contributed by atoms with Crippen molar-refractivity contribution in [3.8, 4) is 5.75 Å². The number of benzene rings is 1. The van der Waals surface area contributed by atoms with Gasteiger partial charge in [-0.2, -0.15) is 0 Å². The molecule has 0 bridgehead atoms. The standard InChI is InChI=1S/C28H45NO9/c1-2-3-4-5-6-7-8-9-10-11-12-13-14-19-24(31)38-28-26(33)25(32)27(23(20-30)37-28)36-22-18-16-15-17-21(22)29(34)35/h15-18,23,25-28,30,32-33H,2-14,19-20H2,1H3/t23-,25-,26-,27-,28-/m1/s1. The molecule has 1 aliphatic rings. The van der Waals surface area contributed by atoms with Crippen LogP contribution in [0.1, 0.15) is 96.8 Å². The van der Waals surface area contributed by atoms with Crippen molar-refractivity contribution in [2.45, 2.75) is 128 Å². The third-order valence-electron chi connectivity index (χ3n) is 6.88. The Morgan fingerprint density at radius 2 is 1.47 bits per heavy atom. The Bertz CT molecular complexity index is 819. The molecular weight excluding hydrogens is 494 g/mol. The summed E-state index contributed by atoms with van der Waals surface area (Å²) < 4.78 is 16.3. The van der Waals surface area contributed by atoms with Crippen LogP contribution < -0.4 is 4.74 Å². The summed E-state index contributed by atoms with van der Waals surface area (Å²) in [4.78, 5) is 22.9. The lowest BCUT2D eigenvalue weighted by atomic mass is 9.99. The van der Waals surface area contributed by atoms with Crippen LogP contribution in [0.4, 0.5) is 5.69 Å². The molecule has 0 aliphatic carbocycles. The van der Waals surface area contributed by atoms with Gasteiger partial charge < -0.3 is 29.5 Å². The smallest absolute Gasteiger partial charge is 0.310 e. The third-order valence-corrected chi connectivity index (χ3v) is 6.88. The Balaban J connectivity index is 1.67. The van der Waals surface area contributed by atoms with Crippen molar-refractivity contribution in [3.63, 3.8) is 0 Å². The summed E-state index contributed by atoms with van der Waals surface area (Å²) in [5.41, 5.74) is -0.336. The lowest BCUT2D eigenvalue weighted by molar-refractivity contribution is -0.386. The molecule has 10 heteroatoms. The number of carbonyl (C=O) groups is 1. The van der Waals surface area contributed by atoms with Crippen LogP contribution in [0.25, 0.3) is 0 Å². The monoisotopic (exact) mass is 539 g/mol. The molecule has 0 radical (unpaired) electrons. The van der Waals surface area contributed by atoms with Crippen LogP contribution in [0, 0.1) is 10.1 Å². The number of rotatable bonds is 19. The number of nitrogens with zero attached hydrogens (tertiary/aromatic N) is 1. The molecule has 1 aromatic carbocycles. The van der Waals surface area contributed by atoms with E-state index in [1.54, 1.807) is 0 Å². The average molecular weight is 540 g/mol. The zero-order valence-electron chi connectivity index (χ0n) is 22.5. The quantitative estimate of drug-likeness (QED) is 0.0975. The van der Waals surface area contributed by atoms with Crippen molar-refractivity contribution < 1.29 is 39.2 Å². The fourth-order valence-corrected chi connectivity index (χ4v) is 4.63. The minimum Gasteiger partial charge on any atom is -0.478 e. The van der Waals surface area contributed by atoms with Crippen molar-refractivity contribution in [3.05, 3.63) is 34.4 Å². The number of ether oxygens (including phenoxy) is 3. The van der Waals surface area contributed by atoms with Crippen molar-refractivity contribution in [1.82, 2.24) is 0 Å². The summed E-state index contributed by atoms with van der Waals surface area (Å²) in [6, 6.07) is 5.55. The van der Waals surface area contributed by atoms with E-state index in [-0.39, 0.29) is 17.9 Å². The van der Waals surface area contributed by atoms with Crippen molar-refractivity contribution in [1.29, 1.82) is 0 Å². The number of aliphatic hydroxyl groups excluding tert-OH is 3. The number of aliphatic hydroxyl groups is 3. The van der Waals surface area contributed by atoms with Crippen LogP contribution in [0.5, 0.6) is 5.75 Å². The zero-order chi connectivity index (χ0) is 27.8. The molecule has 1 heterocycles. The fraction of sp³-hybridized carbons (Fsp3) is 0.750. The molecule has 38 heavy (non-hydrogen) atoms. The highest BCUT2D eigenvalue weighted by Crippen LogP contribution is 2.31. The Kier molecular flexibility index (Phi) is 15.2. The predicted octanol–water partition coefficient (Wildman–Crippen LogP) is 4.81. The van der Waals surface area contributed by atoms with E-state index in [1.165, 1.54) is 82.1 Å². The number of nitro groups is 1. The topological polar surface area (TPSA) is 149 Å².